The summed E-state index contributed by atoms with van der Waals surface area (Å²) in [6.07, 6.45) is 1.05. The molecule has 17 heavy (non-hydrogen) atoms. The summed E-state index contributed by atoms with van der Waals surface area (Å²) in [6, 6.07) is 0. The van der Waals surface area contributed by atoms with Crippen LogP contribution in [-0.4, -0.2) is 55.0 Å². The van der Waals surface area contributed by atoms with Crippen LogP contribution in [0, 0.1) is 5.92 Å². The molecule has 1 saturated heterocycles. The Balaban J connectivity index is 2.39. The van der Waals surface area contributed by atoms with Gasteiger partial charge in [0.05, 0.1) is 0 Å². The zero-order valence-electron chi connectivity index (χ0n) is 11.4. The first kappa shape index (κ1) is 14.3. The first-order valence-corrected chi connectivity index (χ1v) is 6.65. The van der Waals surface area contributed by atoms with Crippen molar-refractivity contribution in [3.63, 3.8) is 0 Å². The van der Waals surface area contributed by atoms with Crippen molar-refractivity contribution in [2.45, 2.75) is 27.2 Å². The third-order valence-corrected chi connectivity index (χ3v) is 2.91. The summed E-state index contributed by atoms with van der Waals surface area (Å²) in [5.41, 5.74) is 2.72. The van der Waals surface area contributed by atoms with Gasteiger partial charge < -0.3 is 4.90 Å². The molecule has 0 amide bonds. The third kappa shape index (κ3) is 4.91. The Morgan fingerprint density at radius 3 is 2.41 bits per heavy atom. The summed E-state index contributed by atoms with van der Waals surface area (Å²) in [7, 11) is 0. The van der Waals surface area contributed by atoms with Crippen LogP contribution in [0.15, 0.2) is 4.99 Å². The van der Waals surface area contributed by atoms with Gasteiger partial charge in [0.1, 0.15) is 0 Å². The molecular weight excluding hydrogens is 214 g/mol. The molecule has 0 bridgehead atoms. The second kappa shape index (κ2) is 7.50. The van der Waals surface area contributed by atoms with E-state index in [4.69, 9.17) is 5.84 Å². The SMILES string of the molecule is CCCN=C(NN)N1CCN(CC(C)C)CC1. The highest BCUT2D eigenvalue weighted by atomic mass is 15.4. The Hall–Kier alpha value is -0.810. The molecular formula is C12H27N5. The first-order chi connectivity index (χ1) is 8.17. The van der Waals surface area contributed by atoms with Crippen molar-refractivity contribution in [3.05, 3.63) is 0 Å². The molecule has 1 fully saturated rings. The zero-order valence-corrected chi connectivity index (χ0v) is 11.4. The molecule has 3 N–H and O–H groups in total. The van der Waals surface area contributed by atoms with Crippen molar-refractivity contribution in [1.82, 2.24) is 15.2 Å². The number of guanidine groups is 1. The zero-order chi connectivity index (χ0) is 12.7. The largest absolute Gasteiger partial charge is 0.339 e. The second-order valence-electron chi connectivity index (χ2n) is 5.03. The van der Waals surface area contributed by atoms with Gasteiger partial charge in [0.2, 0.25) is 5.96 Å². The quantitative estimate of drug-likeness (QED) is 0.325. The summed E-state index contributed by atoms with van der Waals surface area (Å²) in [5, 5.41) is 0. The molecule has 0 unspecified atom stereocenters. The molecule has 100 valence electrons. The van der Waals surface area contributed by atoms with Gasteiger partial charge in [0, 0.05) is 39.3 Å². The lowest BCUT2D eigenvalue weighted by molar-refractivity contribution is 0.164. The predicted molar refractivity (Wildman–Crippen MR) is 72.8 cm³/mol. The van der Waals surface area contributed by atoms with Crippen LogP contribution in [0.1, 0.15) is 27.2 Å². The lowest BCUT2D eigenvalue weighted by atomic mass is 10.2. The molecule has 5 heteroatoms. The van der Waals surface area contributed by atoms with Crippen LogP contribution in [0.2, 0.25) is 0 Å². The number of nitrogens with two attached hydrogens (primary N) is 1. The number of hydrogen-bond donors (Lipinski definition) is 2. The first-order valence-electron chi connectivity index (χ1n) is 6.65. The number of nitrogens with zero attached hydrogens (tertiary/aromatic N) is 3. The molecule has 0 radical (unpaired) electrons. The van der Waals surface area contributed by atoms with Crippen molar-refractivity contribution in [2.75, 3.05) is 39.3 Å². The van der Waals surface area contributed by atoms with Gasteiger partial charge in [-0.2, -0.15) is 0 Å². The van der Waals surface area contributed by atoms with Gasteiger partial charge in [-0.05, 0) is 12.3 Å². The summed E-state index contributed by atoms with van der Waals surface area (Å²) >= 11 is 0. The van der Waals surface area contributed by atoms with Crippen molar-refractivity contribution in [1.29, 1.82) is 0 Å². The van der Waals surface area contributed by atoms with Gasteiger partial charge >= 0.3 is 0 Å². The highest BCUT2D eigenvalue weighted by molar-refractivity contribution is 5.79. The lowest BCUT2D eigenvalue weighted by Crippen LogP contribution is -2.54. The van der Waals surface area contributed by atoms with Crippen LogP contribution >= 0.6 is 0 Å². The van der Waals surface area contributed by atoms with E-state index >= 15 is 0 Å². The average molecular weight is 241 g/mol. The number of nitrogens with one attached hydrogen (secondary N) is 1. The van der Waals surface area contributed by atoms with E-state index in [1.807, 2.05) is 0 Å². The van der Waals surface area contributed by atoms with Gasteiger partial charge in [0.25, 0.3) is 0 Å². The molecule has 0 aromatic heterocycles. The normalized spacial score (nSPS) is 18.9. The molecule has 0 atom stereocenters. The van der Waals surface area contributed by atoms with Crippen LogP contribution in [0.3, 0.4) is 0 Å². The number of rotatable bonds is 4. The minimum atomic E-state index is 0.738. The van der Waals surface area contributed by atoms with E-state index < -0.39 is 0 Å². The Bertz CT molecular complexity index is 231. The average Bonchev–Trinajstić information content (AvgIpc) is 2.31. The number of piperazine rings is 1. The monoisotopic (exact) mass is 241 g/mol. The highest BCUT2D eigenvalue weighted by Gasteiger charge is 2.19. The minimum Gasteiger partial charge on any atom is -0.339 e. The van der Waals surface area contributed by atoms with Crippen LogP contribution in [0.5, 0.6) is 0 Å². The summed E-state index contributed by atoms with van der Waals surface area (Å²) in [6.45, 7) is 12.9. The smallest absolute Gasteiger partial charge is 0.208 e. The second-order valence-corrected chi connectivity index (χ2v) is 5.03. The van der Waals surface area contributed by atoms with E-state index in [-0.39, 0.29) is 0 Å². The van der Waals surface area contributed by atoms with Crippen LogP contribution in [0.4, 0.5) is 0 Å². The third-order valence-electron chi connectivity index (χ3n) is 2.91. The van der Waals surface area contributed by atoms with Gasteiger partial charge in [-0.1, -0.05) is 20.8 Å². The Labute approximate surface area is 105 Å². The Morgan fingerprint density at radius 2 is 1.94 bits per heavy atom. The van der Waals surface area contributed by atoms with E-state index in [0.29, 0.717) is 0 Å². The molecule has 0 aliphatic carbocycles. The summed E-state index contributed by atoms with van der Waals surface area (Å²) in [4.78, 5) is 9.21. The van der Waals surface area contributed by atoms with Crippen molar-refractivity contribution in [3.8, 4) is 0 Å². The standard InChI is InChI=1S/C12H27N5/c1-4-5-14-12(15-13)17-8-6-16(7-9-17)10-11(2)3/h11H,4-10,13H2,1-3H3,(H,14,15). The molecule has 0 aromatic rings. The number of hydrogen-bond acceptors (Lipinski definition) is 3. The van der Waals surface area contributed by atoms with Crippen LogP contribution in [0.25, 0.3) is 0 Å². The number of aliphatic imine (C=N–C) groups is 1. The van der Waals surface area contributed by atoms with E-state index in [2.05, 4.69) is 41.0 Å². The topological polar surface area (TPSA) is 56.9 Å². The lowest BCUT2D eigenvalue weighted by Gasteiger charge is -2.36. The van der Waals surface area contributed by atoms with Crippen molar-refractivity contribution < 1.29 is 0 Å². The van der Waals surface area contributed by atoms with Crippen molar-refractivity contribution >= 4 is 5.96 Å². The number of hydrazine groups is 1. The Morgan fingerprint density at radius 1 is 1.29 bits per heavy atom. The fourth-order valence-corrected chi connectivity index (χ4v) is 2.11. The van der Waals surface area contributed by atoms with E-state index in [1.54, 1.807) is 0 Å². The van der Waals surface area contributed by atoms with Gasteiger partial charge in [0.15, 0.2) is 0 Å². The maximum absolute atomic E-state index is 5.52. The van der Waals surface area contributed by atoms with Crippen LogP contribution < -0.4 is 11.3 Å². The maximum atomic E-state index is 5.52. The molecule has 1 heterocycles. The molecule has 1 rings (SSSR count). The highest BCUT2D eigenvalue weighted by Crippen LogP contribution is 2.05. The molecule has 0 aromatic carbocycles. The van der Waals surface area contributed by atoms with Gasteiger partial charge in [-0.25, -0.2) is 5.84 Å². The predicted octanol–water partition coefficient (Wildman–Crippen LogP) is 0.489. The van der Waals surface area contributed by atoms with Crippen molar-refractivity contribution in [2.24, 2.45) is 16.8 Å². The molecule has 0 spiro atoms. The maximum Gasteiger partial charge on any atom is 0.208 e. The summed E-state index contributed by atoms with van der Waals surface area (Å²) in [5.74, 6) is 7.11. The fraction of sp³-hybridized carbons (Fsp3) is 0.917. The minimum absolute atomic E-state index is 0.738. The summed E-state index contributed by atoms with van der Waals surface area (Å²) < 4.78 is 0. The van der Waals surface area contributed by atoms with E-state index in [9.17, 15) is 0 Å². The molecule has 1 aliphatic rings. The Kier molecular flexibility index (Phi) is 6.29. The van der Waals surface area contributed by atoms with E-state index in [1.165, 1.54) is 6.54 Å². The molecule has 0 saturated carbocycles. The molecule has 1 aliphatic heterocycles. The van der Waals surface area contributed by atoms with Gasteiger partial charge in [-0.15, -0.1) is 0 Å². The van der Waals surface area contributed by atoms with E-state index in [0.717, 1.165) is 51.0 Å². The van der Waals surface area contributed by atoms with Crippen LogP contribution in [-0.2, 0) is 0 Å². The molecule has 5 nitrogen and oxygen atoms in total. The fourth-order valence-electron chi connectivity index (χ4n) is 2.11. The van der Waals surface area contributed by atoms with Gasteiger partial charge in [-0.3, -0.25) is 15.3 Å².